The van der Waals surface area contributed by atoms with Gasteiger partial charge in [0, 0.05) is 18.3 Å². The van der Waals surface area contributed by atoms with Crippen LogP contribution in [0, 0.1) is 0 Å². The Kier molecular flexibility index (Phi) is 5.22. The fourth-order valence-corrected chi connectivity index (χ4v) is 1.78. The van der Waals surface area contributed by atoms with Crippen molar-refractivity contribution in [3.8, 4) is 0 Å². The molecular formula is C15H18N4O2. The number of aromatic amines is 1. The van der Waals surface area contributed by atoms with Gasteiger partial charge in [-0.05, 0) is 36.7 Å². The Balaban J connectivity index is 1.95. The summed E-state index contributed by atoms with van der Waals surface area (Å²) in [5.74, 6) is -0.358. The van der Waals surface area contributed by atoms with E-state index in [9.17, 15) is 9.59 Å². The van der Waals surface area contributed by atoms with Gasteiger partial charge in [-0.3, -0.25) is 9.59 Å². The van der Waals surface area contributed by atoms with Crippen LogP contribution in [0.4, 0.5) is 5.69 Å². The normalized spacial score (nSPS) is 10.3. The minimum Gasteiger partial charge on any atom is -0.321 e. The van der Waals surface area contributed by atoms with Crippen molar-refractivity contribution in [2.45, 2.75) is 19.9 Å². The van der Waals surface area contributed by atoms with Crippen LogP contribution < -0.4 is 16.2 Å². The second kappa shape index (κ2) is 7.35. The molecule has 1 heterocycles. The van der Waals surface area contributed by atoms with Gasteiger partial charge in [-0.15, -0.1) is 0 Å². The highest BCUT2D eigenvalue weighted by Crippen LogP contribution is 2.10. The monoisotopic (exact) mass is 286 g/mol. The van der Waals surface area contributed by atoms with Crippen LogP contribution in [0.3, 0.4) is 0 Å². The van der Waals surface area contributed by atoms with Gasteiger partial charge in [0.05, 0.1) is 0 Å². The number of amides is 1. The molecule has 2 aromatic rings. The van der Waals surface area contributed by atoms with E-state index >= 15 is 0 Å². The molecule has 0 fully saturated rings. The van der Waals surface area contributed by atoms with Crippen molar-refractivity contribution in [3.63, 3.8) is 0 Å². The summed E-state index contributed by atoms with van der Waals surface area (Å²) >= 11 is 0. The second-order valence-corrected chi connectivity index (χ2v) is 4.63. The van der Waals surface area contributed by atoms with Gasteiger partial charge < -0.3 is 10.6 Å². The lowest BCUT2D eigenvalue weighted by Crippen LogP contribution is -2.17. The van der Waals surface area contributed by atoms with E-state index < -0.39 is 0 Å². The minimum absolute atomic E-state index is 0.170. The predicted octanol–water partition coefficient (Wildman–Crippen LogP) is 1.52. The topological polar surface area (TPSA) is 86.9 Å². The fraction of sp³-hybridized carbons (Fsp3) is 0.267. The van der Waals surface area contributed by atoms with Crippen molar-refractivity contribution in [2.24, 2.45) is 0 Å². The standard InChI is InChI=1S/C15H18N4O2/c1-2-9-16-10-11-3-5-12(6-4-11)17-15(21)13-7-8-14(20)19-18-13/h3-8,16H,2,9-10H2,1H3,(H,17,21)(H,19,20). The van der Waals surface area contributed by atoms with Gasteiger partial charge >= 0.3 is 0 Å². The molecule has 0 radical (unpaired) electrons. The number of anilines is 1. The number of carbonyl (C=O) groups excluding carboxylic acids is 1. The minimum atomic E-state index is -0.358. The van der Waals surface area contributed by atoms with Gasteiger partial charge in [-0.2, -0.15) is 5.10 Å². The molecule has 6 heteroatoms. The highest BCUT2D eigenvalue weighted by atomic mass is 16.2. The average Bonchev–Trinajstić information content (AvgIpc) is 2.50. The SMILES string of the molecule is CCCNCc1ccc(NC(=O)c2ccc(=O)[nH]n2)cc1. The summed E-state index contributed by atoms with van der Waals surface area (Å²) in [6.07, 6.45) is 1.10. The zero-order valence-corrected chi connectivity index (χ0v) is 11.8. The van der Waals surface area contributed by atoms with E-state index in [2.05, 4.69) is 27.8 Å². The van der Waals surface area contributed by atoms with Gasteiger partial charge in [-0.25, -0.2) is 5.10 Å². The Hall–Kier alpha value is -2.47. The molecule has 0 bridgehead atoms. The van der Waals surface area contributed by atoms with E-state index in [1.165, 1.54) is 12.1 Å². The van der Waals surface area contributed by atoms with E-state index in [-0.39, 0.29) is 17.2 Å². The maximum Gasteiger partial charge on any atom is 0.276 e. The predicted molar refractivity (Wildman–Crippen MR) is 81.3 cm³/mol. The number of hydrogen-bond donors (Lipinski definition) is 3. The lowest BCUT2D eigenvalue weighted by atomic mass is 10.2. The highest BCUT2D eigenvalue weighted by Gasteiger charge is 2.07. The average molecular weight is 286 g/mol. The third kappa shape index (κ3) is 4.54. The van der Waals surface area contributed by atoms with Gasteiger partial charge in [0.15, 0.2) is 0 Å². The Morgan fingerprint density at radius 1 is 1.19 bits per heavy atom. The Morgan fingerprint density at radius 3 is 2.57 bits per heavy atom. The number of H-pyrrole nitrogens is 1. The summed E-state index contributed by atoms with van der Waals surface area (Å²) in [7, 11) is 0. The molecule has 0 aliphatic carbocycles. The largest absolute Gasteiger partial charge is 0.321 e. The summed E-state index contributed by atoms with van der Waals surface area (Å²) in [6, 6.07) is 10.2. The summed E-state index contributed by atoms with van der Waals surface area (Å²) in [6.45, 7) is 3.91. The summed E-state index contributed by atoms with van der Waals surface area (Å²) in [5.41, 5.74) is 1.68. The van der Waals surface area contributed by atoms with Crippen LogP contribution in [-0.4, -0.2) is 22.6 Å². The lowest BCUT2D eigenvalue weighted by Gasteiger charge is -2.06. The van der Waals surface area contributed by atoms with Crippen LogP contribution in [-0.2, 0) is 6.54 Å². The maximum absolute atomic E-state index is 11.9. The van der Waals surface area contributed by atoms with Crippen molar-refractivity contribution < 1.29 is 4.79 Å². The van der Waals surface area contributed by atoms with E-state index in [0.717, 1.165) is 25.1 Å². The molecule has 0 saturated heterocycles. The third-order valence-electron chi connectivity index (χ3n) is 2.88. The Labute approximate surface area is 122 Å². The molecule has 2 rings (SSSR count). The molecule has 0 aliphatic heterocycles. The third-order valence-corrected chi connectivity index (χ3v) is 2.88. The van der Waals surface area contributed by atoms with Crippen molar-refractivity contribution >= 4 is 11.6 Å². The van der Waals surface area contributed by atoms with E-state index in [0.29, 0.717) is 5.69 Å². The van der Waals surface area contributed by atoms with E-state index in [1.807, 2.05) is 24.3 Å². The Bertz CT molecular complexity index is 629. The first-order valence-electron chi connectivity index (χ1n) is 6.86. The number of nitrogens with zero attached hydrogens (tertiary/aromatic N) is 1. The van der Waals surface area contributed by atoms with Gasteiger partial charge in [0.1, 0.15) is 5.69 Å². The second-order valence-electron chi connectivity index (χ2n) is 4.63. The molecular weight excluding hydrogens is 268 g/mol. The van der Waals surface area contributed by atoms with Crippen molar-refractivity contribution in [1.82, 2.24) is 15.5 Å². The highest BCUT2D eigenvalue weighted by molar-refractivity contribution is 6.02. The molecule has 0 atom stereocenters. The molecule has 1 aromatic heterocycles. The number of benzene rings is 1. The molecule has 6 nitrogen and oxygen atoms in total. The smallest absolute Gasteiger partial charge is 0.276 e. The summed E-state index contributed by atoms with van der Waals surface area (Å²) in [4.78, 5) is 22.8. The van der Waals surface area contributed by atoms with Gasteiger partial charge in [0.2, 0.25) is 0 Å². The van der Waals surface area contributed by atoms with Crippen LogP contribution in [0.5, 0.6) is 0 Å². The van der Waals surface area contributed by atoms with E-state index in [4.69, 9.17) is 0 Å². The zero-order chi connectivity index (χ0) is 15.1. The molecule has 0 unspecified atom stereocenters. The fourth-order valence-electron chi connectivity index (χ4n) is 1.78. The zero-order valence-electron chi connectivity index (χ0n) is 11.8. The molecule has 0 aliphatic rings. The van der Waals surface area contributed by atoms with Crippen LogP contribution in [0.25, 0.3) is 0 Å². The molecule has 21 heavy (non-hydrogen) atoms. The lowest BCUT2D eigenvalue weighted by molar-refractivity contribution is 0.102. The first-order valence-corrected chi connectivity index (χ1v) is 6.86. The number of rotatable bonds is 6. The maximum atomic E-state index is 11.9. The molecule has 1 amide bonds. The van der Waals surface area contributed by atoms with Crippen LogP contribution in [0.1, 0.15) is 29.4 Å². The Morgan fingerprint density at radius 2 is 1.95 bits per heavy atom. The van der Waals surface area contributed by atoms with Crippen molar-refractivity contribution in [2.75, 3.05) is 11.9 Å². The molecule has 0 spiro atoms. The van der Waals surface area contributed by atoms with Crippen LogP contribution in [0.2, 0.25) is 0 Å². The number of hydrogen-bond acceptors (Lipinski definition) is 4. The first kappa shape index (κ1) is 14.9. The number of nitrogens with one attached hydrogen (secondary N) is 3. The summed E-state index contributed by atoms with van der Waals surface area (Å²) < 4.78 is 0. The molecule has 1 aromatic carbocycles. The quantitative estimate of drug-likeness (QED) is 0.703. The van der Waals surface area contributed by atoms with Gasteiger partial charge in [-0.1, -0.05) is 19.1 Å². The van der Waals surface area contributed by atoms with Crippen molar-refractivity contribution in [3.05, 3.63) is 58.0 Å². The van der Waals surface area contributed by atoms with Crippen LogP contribution in [0.15, 0.2) is 41.2 Å². The van der Waals surface area contributed by atoms with Crippen molar-refractivity contribution in [1.29, 1.82) is 0 Å². The molecule has 3 N–H and O–H groups in total. The molecule has 0 saturated carbocycles. The summed E-state index contributed by atoms with van der Waals surface area (Å²) in [5, 5.41) is 12.0. The number of carbonyl (C=O) groups is 1. The van der Waals surface area contributed by atoms with Gasteiger partial charge in [0.25, 0.3) is 11.5 Å². The first-order chi connectivity index (χ1) is 10.2. The molecule has 110 valence electrons. The van der Waals surface area contributed by atoms with E-state index in [1.54, 1.807) is 0 Å². The van der Waals surface area contributed by atoms with Crippen LogP contribution >= 0.6 is 0 Å². The number of aromatic nitrogens is 2.